The van der Waals surface area contributed by atoms with Crippen LogP contribution in [0.3, 0.4) is 0 Å². The molecule has 0 aromatic heterocycles. The van der Waals surface area contributed by atoms with Crippen molar-refractivity contribution in [3.63, 3.8) is 0 Å². The van der Waals surface area contributed by atoms with Gasteiger partial charge < -0.3 is 10.1 Å². The highest BCUT2D eigenvalue weighted by atomic mass is 19.4. The SMILES string of the molecule is CC(=O)N[C@@H](C)C(=O)OCC(F)(F)F. The second kappa shape index (κ2) is 4.83. The molecule has 0 fully saturated rings. The van der Waals surface area contributed by atoms with Crippen LogP contribution in [-0.4, -0.2) is 30.7 Å². The second-order valence-corrected chi connectivity index (χ2v) is 2.65. The predicted molar refractivity (Wildman–Crippen MR) is 40.3 cm³/mol. The molecule has 0 aliphatic heterocycles. The number of hydrogen-bond acceptors (Lipinski definition) is 3. The minimum absolute atomic E-state index is 0.513. The molecule has 0 aliphatic rings. The summed E-state index contributed by atoms with van der Waals surface area (Å²) >= 11 is 0. The second-order valence-electron chi connectivity index (χ2n) is 2.65. The normalized spacial score (nSPS) is 13.2. The van der Waals surface area contributed by atoms with E-state index in [0.717, 1.165) is 6.92 Å². The topological polar surface area (TPSA) is 55.4 Å². The van der Waals surface area contributed by atoms with Gasteiger partial charge in [-0.05, 0) is 6.92 Å². The van der Waals surface area contributed by atoms with Crippen molar-refractivity contribution in [2.24, 2.45) is 0 Å². The highest BCUT2D eigenvalue weighted by Gasteiger charge is 2.30. The highest BCUT2D eigenvalue weighted by Crippen LogP contribution is 2.14. The number of amides is 1. The number of carbonyl (C=O) groups excluding carboxylic acids is 2. The Balaban J connectivity index is 3.91. The fourth-order valence-electron chi connectivity index (χ4n) is 0.642. The maximum atomic E-state index is 11.6. The molecular weight excluding hydrogens is 203 g/mol. The van der Waals surface area contributed by atoms with Crippen LogP contribution in [-0.2, 0) is 14.3 Å². The summed E-state index contributed by atoms with van der Waals surface area (Å²) in [6.07, 6.45) is -4.55. The van der Waals surface area contributed by atoms with Gasteiger partial charge in [-0.15, -0.1) is 0 Å². The number of ether oxygens (including phenoxy) is 1. The Morgan fingerprint density at radius 1 is 1.43 bits per heavy atom. The molecule has 0 aliphatic carbocycles. The van der Waals surface area contributed by atoms with E-state index in [0.29, 0.717) is 0 Å². The van der Waals surface area contributed by atoms with Crippen LogP contribution < -0.4 is 5.32 Å². The van der Waals surface area contributed by atoms with Gasteiger partial charge in [0.15, 0.2) is 6.61 Å². The number of carbonyl (C=O) groups is 2. The standard InChI is InChI=1S/C7H10F3NO3/c1-4(11-5(2)12)6(13)14-3-7(8,9)10/h4H,3H2,1-2H3,(H,11,12)/t4-/m0/s1. The molecule has 0 spiro atoms. The van der Waals surface area contributed by atoms with Crippen LogP contribution in [0, 0.1) is 0 Å². The Morgan fingerprint density at radius 2 is 1.93 bits per heavy atom. The summed E-state index contributed by atoms with van der Waals surface area (Å²) in [6.45, 7) is 0.739. The summed E-state index contributed by atoms with van der Waals surface area (Å²) in [6, 6.07) is -1.07. The van der Waals surface area contributed by atoms with Crippen LogP contribution in [0.5, 0.6) is 0 Å². The first-order valence-electron chi connectivity index (χ1n) is 3.73. The van der Waals surface area contributed by atoms with E-state index in [1.54, 1.807) is 0 Å². The first-order chi connectivity index (χ1) is 6.22. The number of alkyl halides is 3. The van der Waals surface area contributed by atoms with Crippen LogP contribution >= 0.6 is 0 Å². The summed E-state index contributed by atoms with van der Waals surface area (Å²) < 4.78 is 38.6. The van der Waals surface area contributed by atoms with Crippen LogP contribution in [0.2, 0.25) is 0 Å². The molecule has 0 aromatic rings. The first kappa shape index (κ1) is 12.7. The molecule has 0 rings (SSSR count). The lowest BCUT2D eigenvalue weighted by molar-refractivity contribution is -0.187. The number of halogens is 3. The van der Waals surface area contributed by atoms with Gasteiger partial charge in [0, 0.05) is 6.92 Å². The van der Waals surface area contributed by atoms with Crippen LogP contribution in [0.15, 0.2) is 0 Å². The van der Waals surface area contributed by atoms with Crippen molar-refractivity contribution < 1.29 is 27.5 Å². The third-order valence-electron chi connectivity index (χ3n) is 1.15. The quantitative estimate of drug-likeness (QED) is 0.699. The monoisotopic (exact) mass is 213 g/mol. The molecule has 0 bridgehead atoms. The smallest absolute Gasteiger partial charge is 0.422 e. The summed E-state index contributed by atoms with van der Waals surface area (Å²) in [4.78, 5) is 21.2. The van der Waals surface area contributed by atoms with E-state index in [1.165, 1.54) is 6.92 Å². The van der Waals surface area contributed by atoms with Gasteiger partial charge in [-0.1, -0.05) is 0 Å². The Hall–Kier alpha value is -1.27. The fraction of sp³-hybridized carbons (Fsp3) is 0.714. The van der Waals surface area contributed by atoms with E-state index in [2.05, 4.69) is 10.1 Å². The molecule has 1 N–H and O–H groups in total. The lowest BCUT2D eigenvalue weighted by atomic mass is 10.3. The van der Waals surface area contributed by atoms with E-state index in [9.17, 15) is 22.8 Å². The average Bonchev–Trinajstić information content (AvgIpc) is 1.97. The van der Waals surface area contributed by atoms with Crippen molar-refractivity contribution in [3.8, 4) is 0 Å². The lowest BCUT2D eigenvalue weighted by Gasteiger charge is -2.12. The number of rotatable bonds is 3. The molecule has 14 heavy (non-hydrogen) atoms. The Kier molecular flexibility index (Phi) is 4.39. The molecule has 4 nitrogen and oxygen atoms in total. The van der Waals surface area contributed by atoms with Gasteiger partial charge >= 0.3 is 12.1 Å². The molecule has 1 atom stereocenters. The van der Waals surface area contributed by atoms with Crippen molar-refractivity contribution in [1.82, 2.24) is 5.32 Å². The molecule has 0 unspecified atom stereocenters. The average molecular weight is 213 g/mol. The maximum absolute atomic E-state index is 11.6. The third kappa shape index (κ3) is 6.27. The number of hydrogen-bond donors (Lipinski definition) is 1. The summed E-state index contributed by atoms with van der Waals surface area (Å²) in [5, 5.41) is 2.10. The van der Waals surface area contributed by atoms with Gasteiger partial charge in [0.05, 0.1) is 0 Å². The van der Waals surface area contributed by atoms with Gasteiger partial charge in [-0.2, -0.15) is 13.2 Å². The Labute approximate surface area is 78.4 Å². The van der Waals surface area contributed by atoms with E-state index in [1.807, 2.05) is 0 Å². The fourth-order valence-corrected chi connectivity index (χ4v) is 0.642. The van der Waals surface area contributed by atoms with Crippen LogP contribution in [0.4, 0.5) is 13.2 Å². The van der Waals surface area contributed by atoms with Crippen LogP contribution in [0.1, 0.15) is 13.8 Å². The summed E-state index contributed by atoms with van der Waals surface area (Å²) in [7, 11) is 0. The zero-order chi connectivity index (χ0) is 11.4. The predicted octanol–water partition coefficient (Wildman–Crippen LogP) is 0.616. The van der Waals surface area contributed by atoms with Gasteiger partial charge in [0.1, 0.15) is 6.04 Å². The zero-order valence-electron chi connectivity index (χ0n) is 7.64. The van der Waals surface area contributed by atoms with Crippen LogP contribution in [0.25, 0.3) is 0 Å². The zero-order valence-corrected chi connectivity index (χ0v) is 7.64. The first-order valence-corrected chi connectivity index (χ1v) is 3.73. The number of esters is 1. The van der Waals surface area contributed by atoms with Crippen molar-refractivity contribution in [2.75, 3.05) is 6.61 Å². The van der Waals surface area contributed by atoms with E-state index >= 15 is 0 Å². The van der Waals surface area contributed by atoms with Crippen molar-refractivity contribution in [2.45, 2.75) is 26.1 Å². The van der Waals surface area contributed by atoms with E-state index in [-0.39, 0.29) is 0 Å². The largest absolute Gasteiger partial charge is 0.455 e. The lowest BCUT2D eigenvalue weighted by Crippen LogP contribution is -2.39. The van der Waals surface area contributed by atoms with Gasteiger partial charge in [0.25, 0.3) is 0 Å². The Bertz CT molecular complexity index is 227. The molecule has 7 heteroatoms. The number of nitrogens with one attached hydrogen (secondary N) is 1. The molecule has 1 amide bonds. The van der Waals surface area contributed by atoms with Gasteiger partial charge in [-0.3, -0.25) is 4.79 Å². The van der Waals surface area contributed by atoms with Gasteiger partial charge in [-0.25, -0.2) is 4.79 Å². The minimum atomic E-state index is -4.55. The van der Waals surface area contributed by atoms with Gasteiger partial charge in [0.2, 0.25) is 5.91 Å². The molecule has 0 saturated carbocycles. The van der Waals surface area contributed by atoms with E-state index < -0.39 is 30.7 Å². The molecule has 0 radical (unpaired) electrons. The molecule has 0 heterocycles. The maximum Gasteiger partial charge on any atom is 0.422 e. The van der Waals surface area contributed by atoms with Crippen molar-refractivity contribution in [1.29, 1.82) is 0 Å². The summed E-state index contributed by atoms with van der Waals surface area (Å²) in [5.41, 5.74) is 0. The highest BCUT2D eigenvalue weighted by molar-refractivity contribution is 5.82. The third-order valence-corrected chi connectivity index (χ3v) is 1.15. The molecular formula is C7H10F3NO3. The minimum Gasteiger partial charge on any atom is -0.455 e. The molecule has 82 valence electrons. The van der Waals surface area contributed by atoms with Crippen molar-refractivity contribution in [3.05, 3.63) is 0 Å². The van der Waals surface area contributed by atoms with E-state index in [4.69, 9.17) is 0 Å². The summed E-state index contributed by atoms with van der Waals surface area (Å²) in [5.74, 6) is -1.63. The Morgan fingerprint density at radius 3 is 2.29 bits per heavy atom. The molecule has 0 aromatic carbocycles. The molecule has 0 saturated heterocycles. The van der Waals surface area contributed by atoms with Crippen molar-refractivity contribution >= 4 is 11.9 Å².